The second-order valence-corrected chi connectivity index (χ2v) is 4.18. The highest BCUT2D eigenvalue weighted by molar-refractivity contribution is 6.00. The number of methoxy groups -OCH3 is 2. The van der Waals surface area contributed by atoms with Gasteiger partial charge in [0, 0.05) is 5.69 Å². The van der Waals surface area contributed by atoms with E-state index in [0.29, 0.717) is 0 Å². The van der Waals surface area contributed by atoms with E-state index in [0.717, 1.165) is 11.3 Å². The van der Waals surface area contributed by atoms with Crippen LogP contribution in [-0.2, 0) is 19.1 Å². The number of hydrogen-bond donors (Lipinski definition) is 0. The van der Waals surface area contributed by atoms with Gasteiger partial charge in [-0.2, -0.15) is 0 Å². The Bertz CT molecular complexity index is 446. The van der Waals surface area contributed by atoms with E-state index in [4.69, 9.17) is 0 Å². The van der Waals surface area contributed by atoms with Crippen LogP contribution in [0.5, 0.6) is 0 Å². The zero-order chi connectivity index (χ0) is 13.3. The van der Waals surface area contributed by atoms with Gasteiger partial charge in [0.25, 0.3) is 0 Å². The lowest BCUT2D eigenvalue weighted by Gasteiger charge is -2.05. The number of hydrogen-bond acceptors (Lipinski definition) is 5. The van der Waals surface area contributed by atoms with Gasteiger partial charge in [0.1, 0.15) is 0 Å². The number of carbonyl (C=O) groups excluding carboxylic acids is 2. The fraction of sp³-hybridized carbons (Fsp3) is 0.385. The van der Waals surface area contributed by atoms with Crippen molar-refractivity contribution in [3.8, 4) is 0 Å². The first-order valence-corrected chi connectivity index (χ1v) is 5.61. The van der Waals surface area contributed by atoms with Crippen molar-refractivity contribution < 1.29 is 19.1 Å². The molecule has 1 saturated heterocycles. The molecule has 1 aliphatic rings. The first-order chi connectivity index (χ1) is 8.60. The second-order valence-electron chi connectivity index (χ2n) is 4.18. The lowest BCUT2D eigenvalue weighted by Crippen LogP contribution is -2.18. The first-order valence-electron chi connectivity index (χ1n) is 5.61. The largest absolute Gasteiger partial charge is 0.467 e. The van der Waals surface area contributed by atoms with E-state index in [2.05, 4.69) is 9.47 Å². The maximum Gasteiger partial charge on any atom is 0.331 e. The van der Waals surface area contributed by atoms with Crippen LogP contribution in [0.2, 0.25) is 0 Å². The first kappa shape index (κ1) is 12.4. The highest BCUT2D eigenvalue weighted by atomic mass is 16.5. The third kappa shape index (κ3) is 2.03. The Morgan fingerprint density at radius 1 is 1.00 bits per heavy atom. The average molecular weight is 249 g/mol. The molecule has 1 aromatic carbocycles. The van der Waals surface area contributed by atoms with Crippen molar-refractivity contribution in [1.82, 2.24) is 0 Å². The molecular weight excluding hydrogens is 234 g/mol. The molecule has 1 fully saturated rings. The molecule has 0 saturated carbocycles. The zero-order valence-electron chi connectivity index (χ0n) is 10.5. The minimum atomic E-state index is -0.579. The summed E-state index contributed by atoms with van der Waals surface area (Å²) in [4.78, 5) is 24.9. The molecule has 0 radical (unpaired) electrons. The van der Waals surface area contributed by atoms with Gasteiger partial charge < -0.3 is 14.4 Å². The minimum Gasteiger partial charge on any atom is -0.467 e. The summed E-state index contributed by atoms with van der Waals surface area (Å²) in [5, 5.41) is 0. The zero-order valence-corrected chi connectivity index (χ0v) is 10.5. The quantitative estimate of drug-likeness (QED) is 0.588. The van der Waals surface area contributed by atoms with Gasteiger partial charge in [0.05, 0.1) is 14.2 Å². The fourth-order valence-corrected chi connectivity index (χ4v) is 2.00. The van der Waals surface area contributed by atoms with Crippen molar-refractivity contribution in [2.75, 3.05) is 19.1 Å². The number of nitrogens with zero attached hydrogens (tertiary/aromatic N) is 1. The Kier molecular flexibility index (Phi) is 3.23. The highest BCUT2D eigenvalue weighted by Gasteiger charge is 2.59. The van der Waals surface area contributed by atoms with Crippen molar-refractivity contribution in [2.45, 2.75) is 19.0 Å². The second kappa shape index (κ2) is 4.68. The van der Waals surface area contributed by atoms with Crippen LogP contribution >= 0.6 is 0 Å². The molecule has 0 bridgehead atoms. The summed E-state index contributed by atoms with van der Waals surface area (Å²) in [5.41, 5.74) is 1.93. The van der Waals surface area contributed by atoms with Gasteiger partial charge in [-0.3, -0.25) is 0 Å². The van der Waals surface area contributed by atoms with Gasteiger partial charge in [-0.1, -0.05) is 17.7 Å². The number of rotatable bonds is 3. The lowest BCUT2D eigenvalue weighted by atomic mass is 10.2. The Balaban J connectivity index is 2.23. The molecule has 1 aliphatic heterocycles. The SMILES string of the molecule is COC(=O)[C@@H]1[C@H](C(=O)OC)N1c1ccc(C)cc1. The summed E-state index contributed by atoms with van der Waals surface area (Å²) in [6.07, 6.45) is 0. The summed E-state index contributed by atoms with van der Waals surface area (Å²) >= 11 is 0. The number of ether oxygens (including phenoxy) is 2. The monoisotopic (exact) mass is 249 g/mol. The van der Waals surface area contributed by atoms with Crippen molar-refractivity contribution >= 4 is 17.6 Å². The number of carbonyl (C=O) groups is 2. The highest BCUT2D eigenvalue weighted by Crippen LogP contribution is 2.36. The third-order valence-electron chi connectivity index (χ3n) is 3.03. The molecule has 0 spiro atoms. The molecule has 5 nitrogen and oxygen atoms in total. The summed E-state index contributed by atoms with van der Waals surface area (Å²) in [5.74, 6) is -0.850. The molecule has 0 N–H and O–H groups in total. The van der Waals surface area contributed by atoms with E-state index in [9.17, 15) is 9.59 Å². The van der Waals surface area contributed by atoms with Gasteiger partial charge in [-0.15, -0.1) is 0 Å². The molecule has 5 heteroatoms. The molecule has 2 atom stereocenters. The predicted octanol–water partition coefficient (Wildman–Crippen LogP) is 0.898. The van der Waals surface area contributed by atoms with E-state index < -0.39 is 24.0 Å². The predicted molar refractivity (Wildman–Crippen MR) is 65.3 cm³/mol. The van der Waals surface area contributed by atoms with Crippen molar-refractivity contribution in [3.05, 3.63) is 29.8 Å². The molecule has 0 amide bonds. The van der Waals surface area contributed by atoms with Crippen LogP contribution < -0.4 is 4.90 Å². The molecule has 96 valence electrons. The summed E-state index contributed by atoms with van der Waals surface area (Å²) < 4.78 is 9.37. The lowest BCUT2D eigenvalue weighted by molar-refractivity contribution is -0.144. The van der Waals surface area contributed by atoms with Gasteiger partial charge in [-0.05, 0) is 19.1 Å². The summed E-state index contributed by atoms with van der Waals surface area (Å²) in [6, 6.07) is 6.44. The van der Waals surface area contributed by atoms with Crippen LogP contribution in [0, 0.1) is 6.92 Å². The molecule has 0 aliphatic carbocycles. The molecule has 0 aromatic heterocycles. The Morgan fingerprint density at radius 3 is 1.83 bits per heavy atom. The van der Waals surface area contributed by atoms with Crippen LogP contribution in [0.4, 0.5) is 5.69 Å². The normalized spacial score (nSPS) is 21.4. The van der Waals surface area contributed by atoms with E-state index in [1.54, 1.807) is 4.90 Å². The van der Waals surface area contributed by atoms with Crippen molar-refractivity contribution in [3.63, 3.8) is 0 Å². The average Bonchev–Trinajstić information content (AvgIpc) is 3.13. The molecule has 1 heterocycles. The number of anilines is 1. The molecule has 1 aromatic rings. The Labute approximate surface area is 105 Å². The number of benzene rings is 1. The maximum absolute atomic E-state index is 11.6. The minimum absolute atomic E-state index is 0.425. The smallest absolute Gasteiger partial charge is 0.331 e. The number of esters is 2. The van der Waals surface area contributed by atoms with Gasteiger partial charge in [-0.25, -0.2) is 9.59 Å². The molecule has 2 rings (SSSR count). The fourth-order valence-electron chi connectivity index (χ4n) is 2.00. The van der Waals surface area contributed by atoms with Crippen LogP contribution in [0.3, 0.4) is 0 Å². The maximum atomic E-state index is 11.6. The van der Waals surface area contributed by atoms with E-state index in [1.165, 1.54) is 14.2 Å². The number of aryl methyl sites for hydroxylation is 1. The van der Waals surface area contributed by atoms with Crippen molar-refractivity contribution in [1.29, 1.82) is 0 Å². The van der Waals surface area contributed by atoms with E-state index in [-0.39, 0.29) is 0 Å². The molecule has 18 heavy (non-hydrogen) atoms. The topological polar surface area (TPSA) is 55.6 Å². The summed E-state index contributed by atoms with van der Waals surface area (Å²) in [6.45, 7) is 1.97. The van der Waals surface area contributed by atoms with Gasteiger partial charge in [0.15, 0.2) is 12.1 Å². The van der Waals surface area contributed by atoms with Crippen LogP contribution in [0.1, 0.15) is 5.56 Å². The van der Waals surface area contributed by atoms with Crippen LogP contribution in [-0.4, -0.2) is 38.2 Å². The van der Waals surface area contributed by atoms with E-state index in [1.807, 2.05) is 31.2 Å². The standard InChI is InChI=1S/C13H15NO4/c1-8-4-6-9(7-5-8)14-10(12(15)17-2)11(14)13(16)18-3/h4-7,10-11H,1-3H3/t10-,11+,14?. The van der Waals surface area contributed by atoms with Crippen LogP contribution in [0.15, 0.2) is 24.3 Å². The van der Waals surface area contributed by atoms with Gasteiger partial charge >= 0.3 is 11.9 Å². The Hall–Kier alpha value is -2.04. The third-order valence-corrected chi connectivity index (χ3v) is 3.03. The Morgan fingerprint density at radius 2 is 1.44 bits per heavy atom. The molecular formula is C13H15NO4. The van der Waals surface area contributed by atoms with Gasteiger partial charge in [0.2, 0.25) is 0 Å². The summed E-state index contributed by atoms with van der Waals surface area (Å²) in [7, 11) is 2.62. The van der Waals surface area contributed by atoms with E-state index >= 15 is 0 Å². The molecule has 0 unspecified atom stereocenters. The van der Waals surface area contributed by atoms with Crippen molar-refractivity contribution in [2.24, 2.45) is 0 Å². The van der Waals surface area contributed by atoms with Crippen LogP contribution in [0.25, 0.3) is 0 Å².